The van der Waals surface area contributed by atoms with Gasteiger partial charge >= 0.3 is 0 Å². The summed E-state index contributed by atoms with van der Waals surface area (Å²) in [7, 11) is 0. The lowest BCUT2D eigenvalue weighted by Gasteiger charge is -1.07. The predicted molar refractivity (Wildman–Crippen MR) is 44.1 cm³/mol. The van der Waals surface area contributed by atoms with Crippen molar-refractivity contribution in [3.63, 3.8) is 0 Å². The molecule has 10 heavy (non-hydrogen) atoms. The molecule has 0 nitrogen and oxygen atoms in total. The minimum atomic E-state index is 0. The highest BCUT2D eigenvalue weighted by Crippen LogP contribution is 1.15. The van der Waals surface area contributed by atoms with E-state index < -0.39 is 0 Å². The lowest BCUT2D eigenvalue weighted by molar-refractivity contribution is 1.11. The fraction of sp³-hybridized carbons (Fsp3) is 1.00. The summed E-state index contributed by atoms with van der Waals surface area (Å²) in [6, 6.07) is 0. The molecule has 0 saturated carbocycles. The van der Waals surface area contributed by atoms with E-state index in [4.69, 9.17) is 0 Å². The van der Waals surface area contributed by atoms with Gasteiger partial charge in [-0.15, -0.1) is 0 Å². The monoisotopic (exact) mass is 170 g/mol. The number of rotatable bonds is 0. The van der Waals surface area contributed by atoms with Crippen LogP contribution in [0.3, 0.4) is 0 Å². The van der Waals surface area contributed by atoms with Gasteiger partial charge in [0.1, 0.15) is 0 Å². The Morgan fingerprint density at radius 2 is 0.300 bits per heavy atom. The van der Waals surface area contributed by atoms with E-state index in [0.717, 1.165) is 0 Å². The van der Waals surface area contributed by atoms with Gasteiger partial charge in [-0.2, -0.15) is 0 Å². The molecule has 0 heterocycles. The maximum Gasteiger partial charge on any atom is -0.0683 e. The van der Waals surface area contributed by atoms with Crippen LogP contribution in [-0.4, -0.2) is 0 Å². The molecule has 0 aromatic carbocycles. The van der Waals surface area contributed by atoms with Crippen LogP contribution in [0.15, 0.2) is 0 Å². The highest BCUT2D eigenvalue weighted by molar-refractivity contribution is 3.51. The molecule has 0 aliphatic rings. The van der Waals surface area contributed by atoms with E-state index >= 15 is 0 Å². The molecule has 0 spiro atoms. The standard InChI is InChI=1S/3C2H6.4FH/c3*1-2;;;;/h3*1-2H3;4*1H. The summed E-state index contributed by atoms with van der Waals surface area (Å²) in [6.07, 6.45) is 0. The second-order valence-electron chi connectivity index (χ2n) is 0. The number of halogens is 4. The van der Waals surface area contributed by atoms with Crippen LogP contribution in [0, 0.1) is 0 Å². The maximum atomic E-state index is 2.00. The molecule has 0 radical (unpaired) electrons. The third-order valence-corrected chi connectivity index (χ3v) is 0. The fourth-order valence-corrected chi connectivity index (χ4v) is 0. The summed E-state index contributed by atoms with van der Waals surface area (Å²) in [5.74, 6) is 0. The zero-order valence-corrected chi connectivity index (χ0v) is 7.63. The highest BCUT2D eigenvalue weighted by atomic mass is 19.0. The zero-order chi connectivity index (χ0) is 6.00. The first-order valence-electron chi connectivity index (χ1n) is 3.00. The maximum absolute atomic E-state index is 2.00. The molecule has 74 valence electrons. The molecule has 0 N–H and O–H groups in total. The lowest BCUT2D eigenvalue weighted by atomic mass is 11.0. The summed E-state index contributed by atoms with van der Waals surface area (Å²) in [5.41, 5.74) is 0. The number of hydrogen-bond donors (Lipinski definition) is 0. The van der Waals surface area contributed by atoms with Crippen molar-refractivity contribution in [3.8, 4) is 0 Å². The molecule has 0 amide bonds. The Morgan fingerprint density at radius 3 is 0.300 bits per heavy atom. The first-order chi connectivity index (χ1) is 3.00. The summed E-state index contributed by atoms with van der Waals surface area (Å²) < 4.78 is 0. The summed E-state index contributed by atoms with van der Waals surface area (Å²) in [4.78, 5) is 0. The Kier molecular flexibility index (Phi) is 66200. The largest absolute Gasteiger partial charge is 0.269 e. The Hall–Kier alpha value is -0.280. The molecule has 0 aliphatic carbocycles. The molecule has 4 heteroatoms. The quantitative estimate of drug-likeness (QED) is 0.486. The van der Waals surface area contributed by atoms with E-state index in [2.05, 4.69) is 0 Å². The predicted octanol–water partition coefficient (Wildman–Crippen LogP) is 3.69. The average molecular weight is 170 g/mol. The molecule has 0 saturated heterocycles. The molecule has 0 bridgehead atoms. The van der Waals surface area contributed by atoms with Crippen LogP contribution in [0.5, 0.6) is 0 Å². The molecule has 0 rings (SSSR count). The lowest BCUT2D eigenvalue weighted by Crippen LogP contribution is -0.856. The van der Waals surface area contributed by atoms with Crippen LogP contribution in [0.25, 0.3) is 0 Å². The smallest absolute Gasteiger partial charge is 0.0683 e. The first-order valence-corrected chi connectivity index (χ1v) is 3.00. The Bertz CT molecular complexity index is 9.71. The van der Waals surface area contributed by atoms with Crippen molar-refractivity contribution < 1.29 is 18.8 Å². The van der Waals surface area contributed by atoms with Crippen molar-refractivity contribution in [1.82, 2.24) is 0 Å². The minimum absolute atomic E-state index is 0. The van der Waals surface area contributed by atoms with Crippen molar-refractivity contribution >= 4 is 0 Å². The van der Waals surface area contributed by atoms with E-state index in [9.17, 15) is 0 Å². The second kappa shape index (κ2) is 6630. The van der Waals surface area contributed by atoms with Crippen molar-refractivity contribution in [2.75, 3.05) is 0 Å². The topological polar surface area (TPSA) is 0 Å². The van der Waals surface area contributed by atoms with Gasteiger partial charge < -0.3 is 0 Å². The molecular weight excluding hydrogens is 148 g/mol. The van der Waals surface area contributed by atoms with Gasteiger partial charge in [-0.1, -0.05) is 41.5 Å². The normalized spacial score (nSPS) is 1.80. The van der Waals surface area contributed by atoms with Crippen LogP contribution in [0.1, 0.15) is 41.5 Å². The molecular formula is C6H22F4. The molecule has 0 fully saturated rings. The van der Waals surface area contributed by atoms with Gasteiger partial charge in [0.05, 0.1) is 0 Å². The van der Waals surface area contributed by atoms with Gasteiger partial charge in [-0.25, -0.2) is 0 Å². The number of hydrogen-bond acceptors (Lipinski definition) is 0. The fourth-order valence-electron chi connectivity index (χ4n) is 0. The molecule has 0 aromatic heterocycles. The van der Waals surface area contributed by atoms with Crippen LogP contribution in [0.4, 0.5) is 18.8 Å². The van der Waals surface area contributed by atoms with E-state index in [1.807, 2.05) is 41.5 Å². The van der Waals surface area contributed by atoms with Crippen molar-refractivity contribution in [2.24, 2.45) is 0 Å². The van der Waals surface area contributed by atoms with E-state index in [-0.39, 0.29) is 18.8 Å². The van der Waals surface area contributed by atoms with Gasteiger partial charge in [0, 0.05) is 0 Å². The van der Waals surface area contributed by atoms with Gasteiger partial charge in [0.25, 0.3) is 0 Å². The summed E-state index contributed by atoms with van der Waals surface area (Å²) in [5, 5.41) is 0. The Balaban J connectivity index is -0.00000000225. The zero-order valence-electron chi connectivity index (χ0n) is 7.63. The van der Waals surface area contributed by atoms with Gasteiger partial charge in [-0.3, -0.25) is 18.8 Å². The first kappa shape index (κ1) is 99.9. The third kappa shape index (κ3) is 4450. The SMILES string of the molecule is CC.CC.CC.F.F.F.F. The Labute approximate surface area is 61.5 Å². The molecule has 0 atom stereocenters. The minimum Gasteiger partial charge on any atom is -0.269 e. The van der Waals surface area contributed by atoms with E-state index in [0.29, 0.717) is 0 Å². The van der Waals surface area contributed by atoms with Gasteiger partial charge in [-0.05, 0) is 0 Å². The summed E-state index contributed by atoms with van der Waals surface area (Å²) >= 11 is 0. The second-order valence-corrected chi connectivity index (χ2v) is 0. The van der Waals surface area contributed by atoms with E-state index in [1.54, 1.807) is 0 Å². The van der Waals surface area contributed by atoms with Crippen LogP contribution >= 0.6 is 0 Å². The third-order valence-electron chi connectivity index (χ3n) is 0. The Morgan fingerprint density at radius 1 is 0.300 bits per heavy atom. The van der Waals surface area contributed by atoms with Crippen LogP contribution < -0.4 is 0 Å². The van der Waals surface area contributed by atoms with Crippen molar-refractivity contribution in [2.45, 2.75) is 41.5 Å². The highest BCUT2D eigenvalue weighted by Gasteiger charge is 0.936. The van der Waals surface area contributed by atoms with E-state index in [1.165, 1.54) is 0 Å². The van der Waals surface area contributed by atoms with Crippen molar-refractivity contribution in [3.05, 3.63) is 0 Å². The average Bonchev–Trinajstić information content (AvgIpc) is 1.81. The van der Waals surface area contributed by atoms with Gasteiger partial charge in [0.15, 0.2) is 0 Å². The molecule has 0 unspecified atom stereocenters. The van der Waals surface area contributed by atoms with Crippen LogP contribution in [-0.2, 0) is 0 Å². The van der Waals surface area contributed by atoms with Crippen molar-refractivity contribution in [1.29, 1.82) is 0 Å². The van der Waals surface area contributed by atoms with Gasteiger partial charge in [0.2, 0.25) is 0 Å². The molecule has 0 aromatic rings. The van der Waals surface area contributed by atoms with Crippen LogP contribution in [0.2, 0.25) is 0 Å². The molecule has 0 aliphatic heterocycles. The summed E-state index contributed by atoms with van der Waals surface area (Å²) in [6.45, 7) is 12.0.